The maximum atomic E-state index is 2.44. The van der Waals surface area contributed by atoms with Crippen LogP contribution in [-0.4, -0.2) is 0 Å². The molecular formula is C52H30S2. The van der Waals surface area contributed by atoms with Crippen molar-refractivity contribution in [2.75, 3.05) is 0 Å². The van der Waals surface area contributed by atoms with Crippen LogP contribution in [0.3, 0.4) is 0 Å². The lowest BCUT2D eigenvalue weighted by Crippen LogP contribution is -1.91. The molecule has 2 heterocycles. The summed E-state index contributed by atoms with van der Waals surface area (Å²) in [7, 11) is 0. The molecule has 54 heavy (non-hydrogen) atoms. The summed E-state index contributed by atoms with van der Waals surface area (Å²) in [5.74, 6) is 0. The minimum Gasteiger partial charge on any atom is -0.135 e. The van der Waals surface area contributed by atoms with Gasteiger partial charge in [-0.3, -0.25) is 0 Å². The maximum Gasteiger partial charge on any atom is 0.0362 e. The van der Waals surface area contributed by atoms with Gasteiger partial charge in [-0.1, -0.05) is 140 Å². The third-order valence-corrected chi connectivity index (χ3v) is 13.7. The van der Waals surface area contributed by atoms with Gasteiger partial charge in [0.1, 0.15) is 0 Å². The zero-order chi connectivity index (χ0) is 35.3. The van der Waals surface area contributed by atoms with Crippen molar-refractivity contribution in [3.63, 3.8) is 0 Å². The first kappa shape index (κ1) is 30.2. The van der Waals surface area contributed by atoms with E-state index in [4.69, 9.17) is 0 Å². The first-order valence-corrected chi connectivity index (χ1v) is 20.1. The van der Waals surface area contributed by atoms with E-state index >= 15 is 0 Å². The fourth-order valence-electron chi connectivity index (χ4n) is 8.94. The van der Waals surface area contributed by atoms with Crippen LogP contribution >= 0.6 is 22.7 Å². The molecule has 0 aliphatic rings. The molecule has 0 nitrogen and oxygen atoms in total. The van der Waals surface area contributed by atoms with Gasteiger partial charge in [0.25, 0.3) is 0 Å². The second-order valence-corrected chi connectivity index (χ2v) is 16.6. The van der Waals surface area contributed by atoms with Gasteiger partial charge in [-0.2, -0.15) is 0 Å². The molecule has 0 aliphatic carbocycles. The number of hydrogen-bond acceptors (Lipinski definition) is 2. The fraction of sp³-hybridized carbons (Fsp3) is 0. The summed E-state index contributed by atoms with van der Waals surface area (Å²) >= 11 is 3.81. The number of rotatable bonds is 3. The summed E-state index contributed by atoms with van der Waals surface area (Å²) in [6, 6.07) is 67.9. The zero-order valence-corrected chi connectivity index (χ0v) is 30.8. The van der Waals surface area contributed by atoms with E-state index in [0.29, 0.717) is 0 Å². The standard InChI is InChI=1S/C52H30S2/c1-2-12-33-26-37(21-20-31(33)10-1)51-41-18-7-5-16-39(41)50(40-17-6-8-19-42(40)51)36-14-9-13-34(27-36)35-23-24-46-43(28-35)44-29-49-45(30-48(44)53-46)52-38-15-4-3-11-32(38)22-25-47(52)54-49/h1-30H. The van der Waals surface area contributed by atoms with Crippen LogP contribution in [0.4, 0.5) is 0 Å². The Morgan fingerprint density at radius 1 is 0.241 bits per heavy atom. The molecule has 0 fully saturated rings. The molecule has 0 aliphatic heterocycles. The Morgan fingerprint density at radius 2 is 0.741 bits per heavy atom. The first-order chi connectivity index (χ1) is 26.7. The molecule has 2 heteroatoms. The number of benzene rings is 10. The second-order valence-electron chi connectivity index (χ2n) is 14.4. The molecule has 0 N–H and O–H groups in total. The van der Waals surface area contributed by atoms with Gasteiger partial charge in [0.2, 0.25) is 0 Å². The average molecular weight is 719 g/mol. The molecule has 0 amide bonds. The number of thiophene rings is 2. The quantitative estimate of drug-likeness (QED) is 0.160. The van der Waals surface area contributed by atoms with Crippen LogP contribution in [0, 0.1) is 0 Å². The summed E-state index contributed by atoms with van der Waals surface area (Å²) in [6.07, 6.45) is 0. The largest absolute Gasteiger partial charge is 0.135 e. The predicted molar refractivity (Wildman–Crippen MR) is 239 cm³/mol. The molecule has 12 rings (SSSR count). The third-order valence-electron chi connectivity index (χ3n) is 11.4. The molecule has 12 aromatic rings. The minimum absolute atomic E-state index is 1.23. The molecule has 0 bridgehead atoms. The molecule has 0 saturated heterocycles. The lowest BCUT2D eigenvalue weighted by Gasteiger charge is -2.18. The van der Waals surface area contributed by atoms with E-state index in [2.05, 4.69) is 182 Å². The molecule has 0 radical (unpaired) electrons. The van der Waals surface area contributed by atoms with E-state index in [1.165, 1.54) is 117 Å². The molecule has 250 valence electrons. The van der Waals surface area contributed by atoms with Crippen LogP contribution in [0.5, 0.6) is 0 Å². The van der Waals surface area contributed by atoms with E-state index in [1.807, 2.05) is 22.7 Å². The SMILES string of the molecule is c1cc(-c2ccc3sc4cc5c(cc4c3c2)sc2ccc3ccccc3c25)cc(-c2c3ccccc3c(-c3ccc4ccccc4c3)c3ccccc23)c1. The Morgan fingerprint density at radius 3 is 1.50 bits per heavy atom. The van der Waals surface area contributed by atoms with Crippen LogP contribution in [0.1, 0.15) is 0 Å². The summed E-state index contributed by atoms with van der Waals surface area (Å²) in [5, 5.41) is 15.7. The molecule has 0 spiro atoms. The van der Waals surface area contributed by atoms with Crippen molar-refractivity contribution < 1.29 is 0 Å². The normalized spacial score (nSPS) is 12.1. The van der Waals surface area contributed by atoms with E-state index in [0.717, 1.165) is 0 Å². The second kappa shape index (κ2) is 11.6. The Bertz CT molecular complexity index is 3450. The van der Waals surface area contributed by atoms with Gasteiger partial charge >= 0.3 is 0 Å². The molecule has 0 unspecified atom stereocenters. The molecule has 0 atom stereocenters. The molecule has 2 aromatic heterocycles. The van der Waals surface area contributed by atoms with E-state index < -0.39 is 0 Å². The molecule has 0 saturated carbocycles. The highest BCUT2D eigenvalue weighted by atomic mass is 32.1. The Labute approximate surface area is 319 Å². The molecular weight excluding hydrogens is 689 g/mol. The van der Waals surface area contributed by atoms with Crippen molar-refractivity contribution in [3.05, 3.63) is 182 Å². The number of fused-ring (bicyclic) bond motifs is 11. The average Bonchev–Trinajstić information content (AvgIpc) is 3.78. The zero-order valence-electron chi connectivity index (χ0n) is 29.1. The van der Waals surface area contributed by atoms with Gasteiger partial charge in [0.05, 0.1) is 0 Å². The highest BCUT2D eigenvalue weighted by molar-refractivity contribution is 7.27. The monoisotopic (exact) mass is 718 g/mol. The van der Waals surface area contributed by atoms with Crippen molar-refractivity contribution in [2.24, 2.45) is 0 Å². The summed E-state index contributed by atoms with van der Waals surface area (Å²) in [4.78, 5) is 0. The van der Waals surface area contributed by atoms with Crippen molar-refractivity contribution in [2.45, 2.75) is 0 Å². The van der Waals surface area contributed by atoms with Crippen molar-refractivity contribution >= 4 is 106 Å². The summed E-state index contributed by atoms with van der Waals surface area (Å²) < 4.78 is 5.39. The van der Waals surface area contributed by atoms with Gasteiger partial charge < -0.3 is 0 Å². The van der Waals surface area contributed by atoms with Gasteiger partial charge in [-0.05, 0) is 119 Å². The lowest BCUT2D eigenvalue weighted by atomic mass is 9.85. The first-order valence-electron chi connectivity index (χ1n) is 18.5. The van der Waals surface area contributed by atoms with E-state index in [-0.39, 0.29) is 0 Å². The van der Waals surface area contributed by atoms with Crippen molar-refractivity contribution in [3.8, 4) is 33.4 Å². The van der Waals surface area contributed by atoms with Crippen LogP contribution in [0.25, 0.3) is 117 Å². The summed E-state index contributed by atoms with van der Waals surface area (Å²) in [6.45, 7) is 0. The van der Waals surface area contributed by atoms with Gasteiger partial charge in [-0.15, -0.1) is 22.7 Å². The van der Waals surface area contributed by atoms with Crippen LogP contribution in [-0.2, 0) is 0 Å². The van der Waals surface area contributed by atoms with Crippen LogP contribution in [0.2, 0.25) is 0 Å². The van der Waals surface area contributed by atoms with Crippen molar-refractivity contribution in [1.29, 1.82) is 0 Å². The van der Waals surface area contributed by atoms with E-state index in [1.54, 1.807) is 0 Å². The van der Waals surface area contributed by atoms with Gasteiger partial charge in [0, 0.05) is 40.3 Å². The van der Waals surface area contributed by atoms with Gasteiger partial charge in [0.15, 0.2) is 0 Å². The molecule has 10 aromatic carbocycles. The van der Waals surface area contributed by atoms with Gasteiger partial charge in [-0.25, -0.2) is 0 Å². The van der Waals surface area contributed by atoms with E-state index in [9.17, 15) is 0 Å². The lowest BCUT2D eigenvalue weighted by molar-refractivity contribution is 1.63. The summed E-state index contributed by atoms with van der Waals surface area (Å²) in [5.41, 5.74) is 7.54. The third kappa shape index (κ3) is 4.48. The smallest absolute Gasteiger partial charge is 0.0362 e. The highest BCUT2D eigenvalue weighted by Crippen LogP contribution is 2.47. The highest BCUT2D eigenvalue weighted by Gasteiger charge is 2.18. The predicted octanol–water partition coefficient (Wildman–Crippen LogP) is 16.0. The Hall–Kier alpha value is -6.32. The number of hydrogen-bond donors (Lipinski definition) is 0. The van der Waals surface area contributed by atoms with Crippen LogP contribution in [0.15, 0.2) is 182 Å². The topological polar surface area (TPSA) is 0 Å². The minimum atomic E-state index is 1.23. The van der Waals surface area contributed by atoms with Crippen LogP contribution < -0.4 is 0 Å². The maximum absolute atomic E-state index is 2.44. The Balaban J connectivity index is 1.03. The fourth-order valence-corrected chi connectivity index (χ4v) is 11.2. The Kier molecular flexibility index (Phi) is 6.48. The van der Waals surface area contributed by atoms with Crippen molar-refractivity contribution in [1.82, 2.24) is 0 Å².